The first kappa shape index (κ1) is 18.6. The lowest BCUT2D eigenvalue weighted by Crippen LogP contribution is -2.99. The van der Waals surface area contributed by atoms with Crippen molar-refractivity contribution in [1.82, 2.24) is 4.90 Å². The Morgan fingerprint density at radius 1 is 1.29 bits per heavy atom. The number of para-hydroxylation sites is 1. The number of nitrogens with two attached hydrogens (primary N) is 1. The van der Waals surface area contributed by atoms with Crippen molar-refractivity contribution in [2.24, 2.45) is 11.8 Å². The Labute approximate surface area is 162 Å². The van der Waals surface area contributed by atoms with Gasteiger partial charge in [0, 0.05) is 24.0 Å². The monoisotopic (exact) mass is 385 g/mol. The van der Waals surface area contributed by atoms with Crippen molar-refractivity contribution in [3.63, 3.8) is 0 Å². The third kappa shape index (κ3) is 2.33. The highest BCUT2D eigenvalue weighted by molar-refractivity contribution is 6.14. The molecule has 4 rings (SSSR count). The molecule has 5 atom stereocenters. The van der Waals surface area contributed by atoms with Crippen LogP contribution in [-0.2, 0) is 24.7 Å². The van der Waals surface area contributed by atoms with Gasteiger partial charge in [0.25, 0.3) is 5.91 Å². The van der Waals surface area contributed by atoms with E-state index >= 15 is 0 Å². The Kier molecular flexibility index (Phi) is 4.26. The second kappa shape index (κ2) is 6.41. The highest BCUT2D eigenvalue weighted by Gasteiger charge is 2.74. The number of carbonyl (C=O) groups is 4. The molecule has 3 aliphatic rings. The van der Waals surface area contributed by atoms with Gasteiger partial charge in [0.05, 0.1) is 5.69 Å². The number of nitrogens with one attached hydrogen (secondary N) is 1. The molecule has 3 aliphatic heterocycles. The van der Waals surface area contributed by atoms with Gasteiger partial charge >= 0.3 is 0 Å². The highest BCUT2D eigenvalue weighted by atomic mass is 16.4. The van der Waals surface area contributed by atoms with Gasteiger partial charge in [-0.15, -0.1) is 0 Å². The fraction of sp³-hybridized carbons (Fsp3) is 0.500. The van der Waals surface area contributed by atoms with Crippen molar-refractivity contribution < 1.29 is 29.6 Å². The number of carbonyl (C=O) groups excluding carboxylic acids is 4. The normalized spacial score (nSPS) is 31.9. The summed E-state index contributed by atoms with van der Waals surface area (Å²) in [7, 11) is 0. The summed E-state index contributed by atoms with van der Waals surface area (Å²) < 4.78 is 0. The molecule has 8 heteroatoms. The van der Waals surface area contributed by atoms with Crippen molar-refractivity contribution in [1.29, 1.82) is 0 Å². The number of nitrogens with zero attached hydrogens (tertiary/aromatic N) is 1. The number of amides is 3. The van der Waals surface area contributed by atoms with Crippen LogP contribution in [0.25, 0.3) is 0 Å². The first-order valence-corrected chi connectivity index (χ1v) is 9.66. The quantitative estimate of drug-likeness (QED) is 0.611. The summed E-state index contributed by atoms with van der Waals surface area (Å²) in [5, 5.41) is 15.6. The molecule has 148 valence electrons. The van der Waals surface area contributed by atoms with Crippen LogP contribution in [0.4, 0.5) is 5.69 Å². The molecule has 0 saturated carbocycles. The Bertz CT molecular complexity index is 884. The fourth-order valence-corrected chi connectivity index (χ4v) is 5.11. The van der Waals surface area contributed by atoms with E-state index in [1.165, 1.54) is 4.90 Å². The summed E-state index contributed by atoms with van der Waals surface area (Å²) in [6, 6.07) is 6.41. The van der Waals surface area contributed by atoms with Crippen LogP contribution in [0.15, 0.2) is 24.3 Å². The molecular weight excluding hydrogens is 362 g/mol. The minimum Gasteiger partial charge on any atom is -0.550 e. The molecule has 0 radical (unpaired) electrons. The SMILES string of the molecule is CC[C@H](C)N1C(=O)[C@@H]2[C@H](CCC(=O)[O-])[NH2+][C@@]3(C(=O)Nc4ccccc43)[C@@H]2C1=O. The number of benzene rings is 1. The molecule has 1 spiro atoms. The molecule has 8 nitrogen and oxygen atoms in total. The van der Waals surface area contributed by atoms with Crippen LogP contribution in [0.1, 0.15) is 38.7 Å². The van der Waals surface area contributed by atoms with Gasteiger partial charge in [0.1, 0.15) is 17.9 Å². The zero-order valence-corrected chi connectivity index (χ0v) is 15.8. The molecule has 3 heterocycles. The molecule has 0 aromatic heterocycles. The molecule has 0 unspecified atom stereocenters. The Hall–Kier alpha value is -2.74. The van der Waals surface area contributed by atoms with E-state index < -0.39 is 29.4 Å². The number of hydrogen-bond donors (Lipinski definition) is 2. The van der Waals surface area contributed by atoms with E-state index in [2.05, 4.69) is 5.32 Å². The summed E-state index contributed by atoms with van der Waals surface area (Å²) >= 11 is 0. The molecule has 2 saturated heterocycles. The van der Waals surface area contributed by atoms with Gasteiger partial charge in [-0.1, -0.05) is 25.1 Å². The van der Waals surface area contributed by atoms with Crippen LogP contribution in [0, 0.1) is 11.8 Å². The largest absolute Gasteiger partial charge is 0.550 e. The van der Waals surface area contributed by atoms with Gasteiger partial charge in [-0.25, -0.2) is 0 Å². The van der Waals surface area contributed by atoms with E-state index in [4.69, 9.17) is 0 Å². The second-order valence-corrected chi connectivity index (χ2v) is 7.92. The predicted octanol–water partition coefficient (Wildman–Crippen LogP) is -1.29. The summed E-state index contributed by atoms with van der Waals surface area (Å²) in [4.78, 5) is 52.0. The van der Waals surface area contributed by atoms with E-state index in [1.807, 2.05) is 13.8 Å². The van der Waals surface area contributed by atoms with Crippen molar-refractivity contribution in [2.75, 3.05) is 5.32 Å². The van der Waals surface area contributed by atoms with Crippen molar-refractivity contribution >= 4 is 29.4 Å². The average Bonchev–Trinajstić information content (AvgIpc) is 3.24. The number of aliphatic carboxylic acids is 1. The molecule has 1 aromatic rings. The fourth-order valence-electron chi connectivity index (χ4n) is 5.11. The van der Waals surface area contributed by atoms with E-state index in [0.717, 1.165) is 0 Å². The summed E-state index contributed by atoms with van der Waals surface area (Å²) in [5.74, 6) is -3.76. The molecular formula is C20H23N3O5. The molecule has 1 aromatic carbocycles. The standard InChI is InChI=1S/C20H23N3O5/c1-3-10(2)23-17(26)15-13(8-9-14(24)25)22-20(16(15)18(23)27)11-6-4-5-7-12(11)21-19(20)28/h4-7,10,13,15-16,22H,3,8-9H2,1-2H3,(H,21,28)(H,24,25)/t10-,13-,15+,16-,20+/m0/s1. The summed E-state index contributed by atoms with van der Waals surface area (Å²) in [5.41, 5.74) is 0.0655. The van der Waals surface area contributed by atoms with E-state index in [1.54, 1.807) is 29.6 Å². The van der Waals surface area contributed by atoms with Gasteiger partial charge < -0.3 is 20.5 Å². The summed E-state index contributed by atoms with van der Waals surface area (Å²) in [6.07, 6.45) is 0.544. The zero-order valence-electron chi connectivity index (χ0n) is 15.8. The third-order valence-electron chi connectivity index (χ3n) is 6.52. The lowest BCUT2D eigenvalue weighted by atomic mass is 9.76. The maximum Gasteiger partial charge on any atom is 0.291 e. The number of likely N-dealkylation sites (tertiary alicyclic amines) is 1. The van der Waals surface area contributed by atoms with Gasteiger partial charge in [-0.05, 0) is 25.8 Å². The molecule has 2 fully saturated rings. The number of anilines is 1. The number of carboxylic acid groups (broad SMARTS) is 1. The van der Waals surface area contributed by atoms with E-state index in [9.17, 15) is 24.3 Å². The van der Waals surface area contributed by atoms with Gasteiger partial charge in [0.15, 0.2) is 0 Å². The lowest BCUT2D eigenvalue weighted by molar-refractivity contribution is -0.734. The minimum atomic E-state index is -1.24. The number of carboxylic acids is 1. The Morgan fingerprint density at radius 2 is 2.00 bits per heavy atom. The van der Waals surface area contributed by atoms with Crippen LogP contribution < -0.4 is 15.7 Å². The van der Waals surface area contributed by atoms with Crippen LogP contribution in [0.3, 0.4) is 0 Å². The Morgan fingerprint density at radius 3 is 2.68 bits per heavy atom. The predicted molar refractivity (Wildman–Crippen MR) is 95.3 cm³/mol. The maximum absolute atomic E-state index is 13.4. The second-order valence-electron chi connectivity index (χ2n) is 7.92. The smallest absolute Gasteiger partial charge is 0.291 e. The van der Waals surface area contributed by atoms with Crippen molar-refractivity contribution in [2.45, 2.75) is 50.7 Å². The van der Waals surface area contributed by atoms with Gasteiger partial charge in [0.2, 0.25) is 17.4 Å². The van der Waals surface area contributed by atoms with E-state index in [-0.39, 0.29) is 36.6 Å². The number of imide groups is 1. The van der Waals surface area contributed by atoms with Gasteiger partial charge in [-0.3, -0.25) is 19.3 Å². The number of hydrogen-bond acceptors (Lipinski definition) is 5. The van der Waals surface area contributed by atoms with Crippen LogP contribution in [0.5, 0.6) is 0 Å². The molecule has 28 heavy (non-hydrogen) atoms. The topological polar surface area (TPSA) is 123 Å². The minimum absolute atomic E-state index is 0.161. The average molecular weight is 385 g/mol. The van der Waals surface area contributed by atoms with Gasteiger partial charge in [-0.2, -0.15) is 0 Å². The number of fused-ring (bicyclic) bond motifs is 4. The molecule has 3 amide bonds. The number of rotatable bonds is 5. The summed E-state index contributed by atoms with van der Waals surface area (Å²) in [6.45, 7) is 3.71. The third-order valence-corrected chi connectivity index (χ3v) is 6.52. The lowest BCUT2D eigenvalue weighted by Gasteiger charge is -2.28. The number of quaternary nitrogens is 1. The van der Waals surface area contributed by atoms with Crippen LogP contribution in [-0.4, -0.2) is 40.7 Å². The van der Waals surface area contributed by atoms with E-state index in [0.29, 0.717) is 17.7 Å². The zero-order chi connectivity index (χ0) is 20.2. The molecule has 3 N–H and O–H groups in total. The van der Waals surface area contributed by atoms with Crippen LogP contribution in [0.2, 0.25) is 0 Å². The first-order chi connectivity index (χ1) is 13.3. The first-order valence-electron chi connectivity index (χ1n) is 9.66. The molecule has 0 bridgehead atoms. The maximum atomic E-state index is 13.4. The molecule has 0 aliphatic carbocycles. The van der Waals surface area contributed by atoms with Crippen molar-refractivity contribution in [3.8, 4) is 0 Å². The highest BCUT2D eigenvalue weighted by Crippen LogP contribution is 2.49. The van der Waals surface area contributed by atoms with Crippen molar-refractivity contribution in [3.05, 3.63) is 29.8 Å². The Balaban J connectivity index is 1.83. The van der Waals surface area contributed by atoms with Crippen LogP contribution >= 0.6 is 0 Å².